The quantitative estimate of drug-likeness (QED) is 0.786. The number of nitrogens with one attached hydrogen (secondary N) is 2. The van der Waals surface area contributed by atoms with Crippen LogP contribution in [0, 0.1) is 0 Å². The molecule has 0 bridgehead atoms. The van der Waals surface area contributed by atoms with Crippen molar-refractivity contribution in [1.82, 2.24) is 30.5 Å². The summed E-state index contributed by atoms with van der Waals surface area (Å²) in [5.41, 5.74) is 0.426. The molecule has 7 nitrogen and oxygen atoms in total. The van der Waals surface area contributed by atoms with E-state index in [0.29, 0.717) is 11.7 Å². The van der Waals surface area contributed by atoms with Crippen molar-refractivity contribution in [2.45, 2.75) is 31.8 Å². The fourth-order valence-corrected chi connectivity index (χ4v) is 2.67. The van der Waals surface area contributed by atoms with Gasteiger partial charge in [-0.3, -0.25) is 4.79 Å². The molecule has 3 rings (SSSR count). The van der Waals surface area contributed by atoms with Crippen molar-refractivity contribution in [1.29, 1.82) is 0 Å². The minimum Gasteiger partial charge on any atom is -0.348 e. The van der Waals surface area contributed by atoms with Crippen LogP contribution in [0.1, 0.15) is 36.3 Å². The number of carbonyl (C=O) groups is 1. The molecular formula is C13H22N6O. The van der Waals surface area contributed by atoms with Gasteiger partial charge in [0.1, 0.15) is 0 Å². The zero-order chi connectivity index (χ0) is 13.9. The van der Waals surface area contributed by atoms with Gasteiger partial charge in [0, 0.05) is 32.2 Å². The van der Waals surface area contributed by atoms with Gasteiger partial charge in [-0.15, -0.1) is 5.10 Å². The number of amides is 1. The summed E-state index contributed by atoms with van der Waals surface area (Å²) in [4.78, 5) is 14.6. The van der Waals surface area contributed by atoms with Crippen LogP contribution in [0.15, 0.2) is 6.20 Å². The standard InChI is InChI=1S/C13H22N6O/c1-2-18-5-3-10(4-6-18)15-13(20)12-9-19(17-16-12)11-7-14-8-11/h9-11,14H,2-8H2,1H3,(H,15,20). The fraction of sp³-hybridized carbons (Fsp3) is 0.769. The first-order chi connectivity index (χ1) is 9.76. The molecule has 2 N–H and O–H groups in total. The fourth-order valence-electron chi connectivity index (χ4n) is 2.67. The maximum atomic E-state index is 12.2. The third-order valence-electron chi connectivity index (χ3n) is 4.25. The molecule has 0 atom stereocenters. The summed E-state index contributed by atoms with van der Waals surface area (Å²) >= 11 is 0. The van der Waals surface area contributed by atoms with Crippen molar-refractivity contribution in [3.63, 3.8) is 0 Å². The minimum atomic E-state index is -0.0986. The molecule has 0 unspecified atom stereocenters. The third-order valence-corrected chi connectivity index (χ3v) is 4.25. The number of hydrogen-bond donors (Lipinski definition) is 2. The third kappa shape index (κ3) is 2.83. The second kappa shape index (κ2) is 5.88. The lowest BCUT2D eigenvalue weighted by molar-refractivity contribution is 0.0907. The molecule has 1 aromatic rings. The smallest absolute Gasteiger partial charge is 0.273 e. The summed E-state index contributed by atoms with van der Waals surface area (Å²) in [5, 5.41) is 14.3. The highest BCUT2D eigenvalue weighted by molar-refractivity contribution is 5.92. The van der Waals surface area contributed by atoms with Crippen LogP contribution in [0.25, 0.3) is 0 Å². The Morgan fingerprint density at radius 3 is 2.80 bits per heavy atom. The highest BCUT2D eigenvalue weighted by atomic mass is 16.2. The highest BCUT2D eigenvalue weighted by Crippen LogP contribution is 2.12. The lowest BCUT2D eigenvalue weighted by Gasteiger charge is -2.31. The largest absolute Gasteiger partial charge is 0.348 e. The second-order valence-electron chi connectivity index (χ2n) is 5.58. The molecule has 0 aliphatic carbocycles. The van der Waals surface area contributed by atoms with Gasteiger partial charge in [-0.1, -0.05) is 12.1 Å². The van der Waals surface area contributed by atoms with Gasteiger partial charge in [0.05, 0.1) is 12.2 Å². The molecule has 20 heavy (non-hydrogen) atoms. The van der Waals surface area contributed by atoms with Gasteiger partial charge in [0.15, 0.2) is 5.69 Å². The van der Waals surface area contributed by atoms with E-state index in [1.54, 1.807) is 10.9 Å². The summed E-state index contributed by atoms with van der Waals surface area (Å²) in [5.74, 6) is -0.0986. The monoisotopic (exact) mass is 278 g/mol. The predicted molar refractivity (Wildman–Crippen MR) is 74.5 cm³/mol. The predicted octanol–water partition coefficient (Wildman–Crippen LogP) is -0.363. The van der Waals surface area contributed by atoms with E-state index < -0.39 is 0 Å². The van der Waals surface area contributed by atoms with Crippen LogP contribution in [0.2, 0.25) is 0 Å². The van der Waals surface area contributed by atoms with E-state index in [0.717, 1.165) is 45.6 Å². The Labute approximate surface area is 118 Å². The van der Waals surface area contributed by atoms with Crippen molar-refractivity contribution in [2.24, 2.45) is 0 Å². The van der Waals surface area contributed by atoms with Gasteiger partial charge >= 0.3 is 0 Å². The maximum Gasteiger partial charge on any atom is 0.273 e. The van der Waals surface area contributed by atoms with E-state index in [9.17, 15) is 4.79 Å². The summed E-state index contributed by atoms with van der Waals surface area (Å²) in [6, 6.07) is 0.609. The first kappa shape index (κ1) is 13.5. The molecule has 0 spiro atoms. The molecule has 2 aliphatic heterocycles. The lowest BCUT2D eigenvalue weighted by atomic mass is 10.1. The van der Waals surface area contributed by atoms with E-state index in [1.165, 1.54) is 0 Å². The number of piperidine rings is 1. The van der Waals surface area contributed by atoms with Crippen LogP contribution in [0.4, 0.5) is 0 Å². The lowest BCUT2D eigenvalue weighted by Crippen LogP contribution is -2.44. The van der Waals surface area contributed by atoms with Crippen LogP contribution < -0.4 is 10.6 Å². The molecule has 0 aromatic carbocycles. The van der Waals surface area contributed by atoms with Crippen LogP contribution in [-0.2, 0) is 0 Å². The van der Waals surface area contributed by atoms with Gasteiger partial charge in [-0.2, -0.15) is 0 Å². The summed E-state index contributed by atoms with van der Waals surface area (Å²) in [7, 11) is 0. The molecule has 7 heteroatoms. The van der Waals surface area contributed by atoms with Crippen molar-refractivity contribution >= 4 is 5.91 Å². The summed E-state index contributed by atoms with van der Waals surface area (Å²) in [6.07, 6.45) is 3.78. The van der Waals surface area contributed by atoms with Crippen molar-refractivity contribution < 1.29 is 4.79 Å². The van der Waals surface area contributed by atoms with Gasteiger partial charge in [0.25, 0.3) is 5.91 Å². The van der Waals surface area contributed by atoms with E-state index >= 15 is 0 Å². The van der Waals surface area contributed by atoms with E-state index in [4.69, 9.17) is 0 Å². The summed E-state index contributed by atoms with van der Waals surface area (Å²) < 4.78 is 1.78. The number of rotatable bonds is 4. The van der Waals surface area contributed by atoms with E-state index in [1.807, 2.05) is 0 Å². The molecule has 3 heterocycles. The average Bonchev–Trinajstić information content (AvgIpc) is 2.87. The van der Waals surface area contributed by atoms with Crippen LogP contribution in [0.3, 0.4) is 0 Å². The van der Waals surface area contributed by atoms with E-state index in [2.05, 4.69) is 32.8 Å². The van der Waals surface area contributed by atoms with Crippen LogP contribution >= 0.6 is 0 Å². The van der Waals surface area contributed by atoms with Crippen LogP contribution in [-0.4, -0.2) is 64.6 Å². The van der Waals surface area contributed by atoms with Crippen molar-refractivity contribution in [2.75, 3.05) is 32.7 Å². The zero-order valence-electron chi connectivity index (χ0n) is 11.9. The molecule has 1 amide bonds. The Morgan fingerprint density at radius 2 is 2.20 bits per heavy atom. The number of aromatic nitrogens is 3. The maximum absolute atomic E-state index is 12.2. The number of carbonyl (C=O) groups excluding carboxylic acids is 1. The Morgan fingerprint density at radius 1 is 1.45 bits per heavy atom. The average molecular weight is 278 g/mol. The van der Waals surface area contributed by atoms with Gasteiger partial charge in [0.2, 0.25) is 0 Å². The van der Waals surface area contributed by atoms with Gasteiger partial charge in [-0.05, 0) is 19.4 Å². The topological polar surface area (TPSA) is 75.1 Å². The highest BCUT2D eigenvalue weighted by Gasteiger charge is 2.24. The Kier molecular flexibility index (Phi) is 3.98. The molecule has 1 aromatic heterocycles. The number of nitrogens with zero attached hydrogens (tertiary/aromatic N) is 4. The normalized spacial score (nSPS) is 21.6. The number of hydrogen-bond acceptors (Lipinski definition) is 5. The van der Waals surface area contributed by atoms with E-state index in [-0.39, 0.29) is 11.9 Å². The number of likely N-dealkylation sites (tertiary alicyclic amines) is 1. The first-order valence-corrected chi connectivity index (χ1v) is 7.42. The first-order valence-electron chi connectivity index (χ1n) is 7.42. The zero-order valence-corrected chi connectivity index (χ0v) is 11.9. The molecule has 2 aliphatic rings. The molecule has 110 valence electrons. The van der Waals surface area contributed by atoms with Crippen LogP contribution in [0.5, 0.6) is 0 Å². The Bertz CT molecular complexity index is 461. The molecule has 0 radical (unpaired) electrons. The molecule has 2 fully saturated rings. The summed E-state index contributed by atoms with van der Waals surface area (Å²) in [6.45, 7) is 7.18. The van der Waals surface area contributed by atoms with Gasteiger partial charge < -0.3 is 15.5 Å². The Hall–Kier alpha value is -1.47. The second-order valence-corrected chi connectivity index (χ2v) is 5.58. The van der Waals surface area contributed by atoms with Crippen molar-refractivity contribution in [3.8, 4) is 0 Å². The van der Waals surface area contributed by atoms with Gasteiger partial charge in [-0.25, -0.2) is 4.68 Å². The molecular weight excluding hydrogens is 256 g/mol. The molecule has 2 saturated heterocycles. The minimum absolute atomic E-state index is 0.0986. The van der Waals surface area contributed by atoms with Crippen molar-refractivity contribution in [3.05, 3.63) is 11.9 Å². The Balaban J connectivity index is 1.52. The molecule has 0 saturated carbocycles. The SMILES string of the molecule is CCN1CCC(NC(=O)c2cn(C3CNC3)nn2)CC1.